The number of ether oxygens (including phenoxy) is 1. The second-order valence-electron chi connectivity index (χ2n) is 4.38. The maximum atomic E-state index is 5.95. The summed E-state index contributed by atoms with van der Waals surface area (Å²) in [5, 5.41) is 7.74. The van der Waals surface area contributed by atoms with Gasteiger partial charge in [-0.3, -0.25) is 5.10 Å². The molecule has 0 aliphatic carbocycles. The van der Waals surface area contributed by atoms with Crippen LogP contribution in [0.3, 0.4) is 0 Å². The molecule has 5 heteroatoms. The summed E-state index contributed by atoms with van der Waals surface area (Å²) in [5.74, 6) is 1.34. The molecule has 0 bridgehead atoms. The first-order valence-electron chi connectivity index (χ1n) is 5.94. The van der Waals surface area contributed by atoms with Crippen LogP contribution >= 0.6 is 0 Å². The van der Waals surface area contributed by atoms with Gasteiger partial charge >= 0.3 is 0 Å². The van der Waals surface area contributed by atoms with E-state index in [-0.39, 0.29) is 0 Å². The highest BCUT2D eigenvalue weighted by molar-refractivity contribution is 6.00. The minimum atomic E-state index is 0.528. The van der Waals surface area contributed by atoms with Crippen molar-refractivity contribution in [3.8, 4) is 16.9 Å². The van der Waals surface area contributed by atoms with Gasteiger partial charge in [0, 0.05) is 5.69 Å². The van der Waals surface area contributed by atoms with E-state index in [0.29, 0.717) is 11.5 Å². The smallest absolute Gasteiger partial charge is 0.183 e. The third kappa shape index (κ3) is 1.89. The summed E-state index contributed by atoms with van der Waals surface area (Å²) in [6.07, 6.45) is 0. The van der Waals surface area contributed by atoms with E-state index in [2.05, 4.69) is 15.2 Å². The van der Waals surface area contributed by atoms with Gasteiger partial charge in [-0.05, 0) is 36.2 Å². The molecule has 0 saturated heterocycles. The number of hydrogen-bond donors (Lipinski definition) is 2. The molecule has 3 N–H and O–H groups in total. The van der Waals surface area contributed by atoms with Crippen molar-refractivity contribution < 1.29 is 4.74 Å². The molecule has 0 spiro atoms. The molecule has 0 unspecified atom stereocenters. The Morgan fingerprint density at radius 3 is 2.89 bits per heavy atom. The molecule has 3 aromatic rings. The first-order chi connectivity index (χ1) is 9.19. The molecular formula is C14H14N4O. The number of H-pyrrole nitrogens is 1. The Morgan fingerprint density at radius 2 is 2.11 bits per heavy atom. The number of fused-ring (bicyclic) bond motifs is 1. The Kier molecular flexibility index (Phi) is 2.59. The number of aromatic nitrogens is 3. The van der Waals surface area contributed by atoms with E-state index >= 15 is 0 Å². The fourth-order valence-corrected chi connectivity index (χ4v) is 2.19. The summed E-state index contributed by atoms with van der Waals surface area (Å²) in [5.41, 5.74) is 9.52. The molecule has 2 aromatic heterocycles. The highest BCUT2D eigenvalue weighted by atomic mass is 16.5. The molecule has 0 fully saturated rings. The molecule has 0 amide bonds. The van der Waals surface area contributed by atoms with Crippen molar-refractivity contribution in [2.45, 2.75) is 6.92 Å². The van der Waals surface area contributed by atoms with E-state index in [1.165, 1.54) is 0 Å². The fraction of sp³-hybridized carbons (Fsp3) is 0.143. The molecule has 0 aliphatic heterocycles. The van der Waals surface area contributed by atoms with Gasteiger partial charge in [0.15, 0.2) is 5.65 Å². The first kappa shape index (κ1) is 11.5. The average molecular weight is 254 g/mol. The Bertz CT molecular complexity index is 748. The highest BCUT2D eigenvalue weighted by Crippen LogP contribution is 2.32. The summed E-state index contributed by atoms with van der Waals surface area (Å²) in [6, 6.07) is 9.85. The van der Waals surface area contributed by atoms with E-state index in [9.17, 15) is 0 Å². The third-order valence-electron chi connectivity index (χ3n) is 3.06. The standard InChI is InChI=1S/C14H14N4O/c1-8-6-11(9-4-3-5-10(7-9)19-2)12-13(15)17-18-14(12)16-8/h3-7H,1-2H3,(H3,15,16,17,18). The molecule has 96 valence electrons. The number of nitrogens with two attached hydrogens (primary N) is 1. The number of hydrogen-bond acceptors (Lipinski definition) is 4. The second-order valence-corrected chi connectivity index (χ2v) is 4.38. The van der Waals surface area contributed by atoms with Gasteiger partial charge < -0.3 is 10.5 Å². The lowest BCUT2D eigenvalue weighted by Gasteiger charge is -2.07. The summed E-state index contributed by atoms with van der Waals surface area (Å²) < 4.78 is 5.26. The van der Waals surface area contributed by atoms with E-state index in [1.807, 2.05) is 37.3 Å². The lowest BCUT2D eigenvalue weighted by molar-refractivity contribution is 0.415. The zero-order valence-electron chi connectivity index (χ0n) is 10.8. The van der Waals surface area contributed by atoms with Crippen LogP contribution in [0.5, 0.6) is 5.75 Å². The van der Waals surface area contributed by atoms with Gasteiger partial charge in [0.1, 0.15) is 11.6 Å². The predicted molar refractivity (Wildman–Crippen MR) is 75.0 cm³/mol. The number of anilines is 1. The van der Waals surface area contributed by atoms with E-state index in [0.717, 1.165) is 28.0 Å². The van der Waals surface area contributed by atoms with Crippen LogP contribution in [0.4, 0.5) is 5.82 Å². The van der Waals surface area contributed by atoms with Crippen LogP contribution in [0.1, 0.15) is 5.69 Å². The van der Waals surface area contributed by atoms with Gasteiger partial charge in [-0.25, -0.2) is 4.98 Å². The van der Waals surface area contributed by atoms with Crippen molar-refractivity contribution >= 4 is 16.9 Å². The summed E-state index contributed by atoms with van der Waals surface area (Å²) in [4.78, 5) is 4.37. The van der Waals surface area contributed by atoms with Crippen molar-refractivity contribution in [1.82, 2.24) is 15.2 Å². The van der Waals surface area contributed by atoms with E-state index in [4.69, 9.17) is 10.5 Å². The minimum absolute atomic E-state index is 0.528. The Hall–Kier alpha value is -2.56. The number of aryl methyl sites for hydroxylation is 1. The maximum absolute atomic E-state index is 5.95. The lowest BCUT2D eigenvalue weighted by atomic mass is 10.0. The number of nitrogens with one attached hydrogen (secondary N) is 1. The lowest BCUT2D eigenvalue weighted by Crippen LogP contribution is -1.91. The van der Waals surface area contributed by atoms with Crippen molar-refractivity contribution in [1.29, 1.82) is 0 Å². The third-order valence-corrected chi connectivity index (χ3v) is 3.06. The van der Waals surface area contributed by atoms with Crippen LogP contribution in [-0.4, -0.2) is 22.3 Å². The van der Waals surface area contributed by atoms with Crippen LogP contribution in [-0.2, 0) is 0 Å². The van der Waals surface area contributed by atoms with Gasteiger partial charge in [0.25, 0.3) is 0 Å². The first-order valence-corrected chi connectivity index (χ1v) is 5.94. The predicted octanol–water partition coefficient (Wildman–Crippen LogP) is 2.52. The van der Waals surface area contributed by atoms with Crippen LogP contribution in [0.25, 0.3) is 22.2 Å². The SMILES string of the molecule is COc1cccc(-c2cc(C)nc3n[nH]c(N)c23)c1. The summed E-state index contributed by atoms with van der Waals surface area (Å²) >= 11 is 0. The number of rotatable bonds is 2. The van der Waals surface area contributed by atoms with Crippen molar-refractivity contribution in [3.05, 3.63) is 36.0 Å². The normalized spacial score (nSPS) is 10.8. The van der Waals surface area contributed by atoms with Gasteiger partial charge in [-0.2, -0.15) is 5.10 Å². The molecule has 19 heavy (non-hydrogen) atoms. The molecule has 0 saturated carbocycles. The van der Waals surface area contributed by atoms with Crippen LogP contribution < -0.4 is 10.5 Å². The van der Waals surface area contributed by atoms with Crippen molar-refractivity contribution in [2.75, 3.05) is 12.8 Å². The van der Waals surface area contributed by atoms with Gasteiger partial charge in [0.2, 0.25) is 0 Å². The van der Waals surface area contributed by atoms with Gasteiger partial charge in [0.05, 0.1) is 12.5 Å². The molecule has 0 aliphatic rings. The zero-order valence-corrected chi connectivity index (χ0v) is 10.8. The van der Waals surface area contributed by atoms with Gasteiger partial charge in [-0.15, -0.1) is 0 Å². The number of nitrogen functional groups attached to an aromatic ring is 1. The molecule has 3 rings (SSSR count). The molecule has 0 radical (unpaired) electrons. The fourth-order valence-electron chi connectivity index (χ4n) is 2.19. The van der Waals surface area contributed by atoms with Crippen LogP contribution in [0, 0.1) is 6.92 Å². The molecule has 0 atom stereocenters. The molecule has 5 nitrogen and oxygen atoms in total. The summed E-state index contributed by atoms with van der Waals surface area (Å²) in [7, 11) is 1.65. The number of aromatic amines is 1. The minimum Gasteiger partial charge on any atom is -0.497 e. The Labute approximate surface area is 110 Å². The number of benzene rings is 1. The van der Waals surface area contributed by atoms with Crippen LogP contribution in [0.15, 0.2) is 30.3 Å². The Balaban J connectivity index is 2.31. The number of pyridine rings is 1. The van der Waals surface area contributed by atoms with Gasteiger partial charge in [-0.1, -0.05) is 12.1 Å². The largest absolute Gasteiger partial charge is 0.497 e. The molecule has 1 aromatic carbocycles. The quantitative estimate of drug-likeness (QED) is 0.736. The monoisotopic (exact) mass is 254 g/mol. The van der Waals surface area contributed by atoms with Crippen molar-refractivity contribution in [2.24, 2.45) is 0 Å². The van der Waals surface area contributed by atoms with E-state index < -0.39 is 0 Å². The maximum Gasteiger partial charge on any atom is 0.183 e. The summed E-state index contributed by atoms with van der Waals surface area (Å²) in [6.45, 7) is 1.94. The molecular weight excluding hydrogens is 240 g/mol. The molecule has 2 heterocycles. The zero-order chi connectivity index (χ0) is 13.4. The number of nitrogens with zero attached hydrogens (tertiary/aromatic N) is 2. The second kappa shape index (κ2) is 4.28. The highest BCUT2D eigenvalue weighted by Gasteiger charge is 2.12. The van der Waals surface area contributed by atoms with Crippen LogP contribution in [0.2, 0.25) is 0 Å². The van der Waals surface area contributed by atoms with E-state index in [1.54, 1.807) is 7.11 Å². The Morgan fingerprint density at radius 1 is 1.26 bits per heavy atom. The number of methoxy groups -OCH3 is 1. The topological polar surface area (TPSA) is 76.8 Å². The average Bonchev–Trinajstić information content (AvgIpc) is 2.79. The van der Waals surface area contributed by atoms with Crippen molar-refractivity contribution in [3.63, 3.8) is 0 Å².